The first-order valence-corrected chi connectivity index (χ1v) is 12.8. The summed E-state index contributed by atoms with van der Waals surface area (Å²) in [6.45, 7) is 3.63. The molecular weight excluding hydrogens is 519 g/mol. The van der Waals surface area contributed by atoms with Crippen LogP contribution in [0.2, 0.25) is 0 Å². The molecule has 202 valence electrons. The highest BCUT2D eigenvalue weighted by Crippen LogP contribution is 2.32. The Balaban J connectivity index is 1.25. The first kappa shape index (κ1) is 26.8. The molecule has 0 radical (unpaired) electrons. The van der Waals surface area contributed by atoms with E-state index in [0.29, 0.717) is 54.9 Å². The number of alkyl halides is 3. The fourth-order valence-corrected chi connectivity index (χ4v) is 4.73. The van der Waals surface area contributed by atoms with Crippen molar-refractivity contribution in [1.82, 2.24) is 14.6 Å². The molecule has 0 saturated carbocycles. The molecule has 1 aliphatic heterocycles. The molecule has 10 heteroatoms. The third kappa shape index (κ3) is 5.62. The average molecular weight is 544 g/mol. The predicted octanol–water partition coefficient (Wildman–Crippen LogP) is 5.52. The lowest BCUT2D eigenvalue weighted by Crippen LogP contribution is -2.36. The van der Waals surface area contributed by atoms with Crippen molar-refractivity contribution in [3.05, 3.63) is 77.7 Å². The van der Waals surface area contributed by atoms with Crippen LogP contribution in [0.4, 0.5) is 19.0 Å². The number of carbonyl (C=O) groups excluding carboxylic acids is 1. The maximum atomic E-state index is 12.7. The van der Waals surface area contributed by atoms with E-state index in [1.54, 1.807) is 16.9 Å². The summed E-state index contributed by atoms with van der Waals surface area (Å²) in [5, 5.41) is 13.8. The lowest BCUT2D eigenvalue weighted by molar-refractivity contribution is -0.137. The molecule has 1 aromatic carbocycles. The molecule has 7 nitrogen and oxygen atoms in total. The van der Waals surface area contributed by atoms with Crippen LogP contribution in [0, 0.1) is 29.1 Å². The number of ether oxygens (including phenoxy) is 1. The smallest absolute Gasteiger partial charge is 0.416 e. The SMILES string of the molecule is CCOc1cc(-c2ccc(N3CCC(C(=O)C#Cc4ccc(C(F)(F)F)cc4)CC3)nc2)c2c(C#N)cnn2c1. The van der Waals surface area contributed by atoms with E-state index in [4.69, 9.17) is 4.74 Å². The summed E-state index contributed by atoms with van der Waals surface area (Å²) >= 11 is 0. The molecule has 0 unspecified atom stereocenters. The fourth-order valence-electron chi connectivity index (χ4n) is 4.73. The lowest BCUT2D eigenvalue weighted by atomic mass is 9.92. The van der Waals surface area contributed by atoms with E-state index in [0.717, 1.165) is 29.1 Å². The highest BCUT2D eigenvalue weighted by atomic mass is 19.4. The van der Waals surface area contributed by atoms with Crippen LogP contribution in [0.25, 0.3) is 16.6 Å². The van der Waals surface area contributed by atoms with Gasteiger partial charge in [0.05, 0.1) is 35.6 Å². The van der Waals surface area contributed by atoms with Gasteiger partial charge in [-0.25, -0.2) is 9.50 Å². The molecule has 1 fully saturated rings. The van der Waals surface area contributed by atoms with Gasteiger partial charge in [0.25, 0.3) is 0 Å². The molecule has 1 saturated heterocycles. The quantitative estimate of drug-likeness (QED) is 0.308. The molecule has 4 heterocycles. The maximum Gasteiger partial charge on any atom is 0.416 e. The second-order valence-corrected chi connectivity index (χ2v) is 9.34. The number of hydrogen-bond acceptors (Lipinski definition) is 6. The van der Waals surface area contributed by atoms with Gasteiger partial charge in [0.15, 0.2) is 0 Å². The number of fused-ring (bicyclic) bond motifs is 1. The summed E-state index contributed by atoms with van der Waals surface area (Å²) in [6.07, 6.45) is 1.80. The molecule has 5 rings (SSSR count). The van der Waals surface area contributed by atoms with Crippen molar-refractivity contribution in [1.29, 1.82) is 5.26 Å². The zero-order chi connectivity index (χ0) is 28.3. The van der Waals surface area contributed by atoms with Crippen molar-refractivity contribution >= 4 is 17.1 Å². The number of nitriles is 1. The van der Waals surface area contributed by atoms with Crippen LogP contribution < -0.4 is 9.64 Å². The summed E-state index contributed by atoms with van der Waals surface area (Å²) in [6, 6.07) is 12.4. The van der Waals surface area contributed by atoms with Gasteiger partial charge in [0.1, 0.15) is 17.6 Å². The average Bonchev–Trinajstić information content (AvgIpc) is 3.39. The van der Waals surface area contributed by atoms with E-state index in [-0.39, 0.29) is 11.7 Å². The topological polar surface area (TPSA) is 83.5 Å². The molecule has 0 N–H and O–H groups in total. The molecule has 0 aliphatic carbocycles. The van der Waals surface area contributed by atoms with Crippen molar-refractivity contribution in [2.75, 3.05) is 24.6 Å². The van der Waals surface area contributed by atoms with Crippen molar-refractivity contribution in [3.63, 3.8) is 0 Å². The van der Waals surface area contributed by atoms with Crippen molar-refractivity contribution < 1.29 is 22.7 Å². The number of carbonyl (C=O) groups is 1. The first-order valence-electron chi connectivity index (χ1n) is 12.8. The highest BCUT2D eigenvalue weighted by molar-refractivity contribution is 5.98. The van der Waals surface area contributed by atoms with E-state index in [2.05, 4.69) is 32.9 Å². The number of Topliss-reactive ketones (excluding diaryl/α,β-unsaturated/α-hetero) is 1. The number of anilines is 1. The summed E-state index contributed by atoms with van der Waals surface area (Å²) in [7, 11) is 0. The zero-order valence-electron chi connectivity index (χ0n) is 21.6. The summed E-state index contributed by atoms with van der Waals surface area (Å²) in [5.74, 6) is 6.24. The van der Waals surface area contributed by atoms with Gasteiger partial charge in [0, 0.05) is 41.9 Å². The van der Waals surface area contributed by atoms with E-state index in [9.17, 15) is 23.2 Å². The van der Waals surface area contributed by atoms with Gasteiger partial charge in [-0.2, -0.15) is 23.5 Å². The molecule has 3 aromatic heterocycles. The number of hydrogen-bond donors (Lipinski definition) is 0. The van der Waals surface area contributed by atoms with Gasteiger partial charge in [-0.05, 0) is 68.2 Å². The Bertz CT molecular complexity index is 1630. The highest BCUT2D eigenvalue weighted by Gasteiger charge is 2.30. The predicted molar refractivity (Wildman–Crippen MR) is 143 cm³/mol. The molecule has 40 heavy (non-hydrogen) atoms. The molecule has 0 amide bonds. The third-order valence-electron chi connectivity index (χ3n) is 6.81. The Labute approximate surface area is 228 Å². The van der Waals surface area contributed by atoms with Gasteiger partial charge >= 0.3 is 6.18 Å². The Morgan fingerprint density at radius 3 is 2.50 bits per heavy atom. The minimum absolute atomic E-state index is 0.213. The number of piperidine rings is 1. The minimum Gasteiger partial charge on any atom is -0.492 e. The fraction of sp³-hybridized carbons (Fsp3) is 0.267. The Kier molecular flexibility index (Phi) is 7.43. The first-order chi connectivity index (χ1) is 19.3. The van der Waals surface area contributed by atoms with E-state index in [1.807, 2.05) is 25.1 Å². The molecular formula is C30H24F3N5O2. The summed E-state index contributed by atoms with van der Waals surface area (Å²) in [5.41, 5.74) is 2.35. The Morgan fingerprint density at radius 2 is 1.88 bits per heavy atom. The van der Waals surface area contributed by atoms with Gasteiger partial charge in [-0.15, -0.1) is 0 Å². The maximum absolute atomic E-state index is 12.7. The van der Waals surface area contributed by atoms with Crippen molar-refractivity contribution in [2.24, 2.45) is 5.92 Å². The van der Waals surface area contributed by atoms with Crippen LogP contribution in [-0.4, -0.2) is 40.1 Å². The molecule has 4 aromatic rings. The molecule has 0 atom stereocenters. The largest absolute Gasteiger partial charge is 0.492 e. The normalized spacial score (nSPS) is 13.9. The van der Waals surface area contributed by atoms with Crippen LogP contribution in [0.3, 0.4) is 0 Å². The Hall–Kier alpha value is -4.83. The molecule has 0 bridgehead atoms. The third-order valence-corrected chi connectivity index (χ3v) is 6.81. The van der Waals surface area contributed by atoms with E-state index < -0.39 is 11.7 Å². The van der Waals surface area contributed by atoms with E-state index in [1.165, 1.54) is 18.3 Å². The van der Waals surface area contributed by atoms with Crippen LogP contribution in [0.15, 0.2) is 61.1 Å². The van der Waals surface area contributed by atoms with Crippen molar-refractivity contribution in [3.8, 4) is 34.8 Å². The Morgan fingerprint density at radius 1 is 1.12 bits per heavy atom. The van der Waals surface area contributed by atoms with Crippen LogP contribution in [-0.2, 0) is 11.0 Å². The zero-order valence-corrected chi connectivity index (χ0v) is 21.6. The number of rotatable bonds is 5. The number of pyridine rings is 2. The van der Waals surface area contributed by atoms with Gasteiger partial charge in [-0.3, -0.25) is 4.79 Å². The molecule has 0 spiro atoms. The summed E-state index contributed by atoms with van der Waals surface area (Å²) in [4.78, 5) is 19.4. The van der Waals surface area contributed by atoms with Crippen LogP contribution in [0.1, 0.15) is 36.5 Å². The monoisotopic (exact) mass is 543 g/mol. The minimum atomic E-state index is -4.41. The van der Waals surface area contributed by atoms with Gasteiger partial charge < -0.3 is 9.64 Å². The number of aromatic nitrogens is 3. The number of halogens is 3. The van der Waals surface area contributed by atoms with Crippen LogP contribution in [0.5, 0.6) is 5.75 Å². The number of nitrogens with zero attached hydrogens (tertiary/aromatic N) is 5. The lowest BCUT2D eigenvalue weighted by Gasteiger charge is -2.31. The van der Waals surface area contributed by atoms with E-state index >= 15 is 0 Å². The standard InChI is InChI=1S/C30H24F3N5O2/c1-2-40-25-15-26(29-23(16-34)18-36-38(29)19-25)22-6-10-28(35-17-22)37-13-11-21(12-14-37)27(39)9-5-20-3-7-24(8-4-20)30(31,32)33/h3-4,6-8,10,15,17-19,21H,2,11-14H2,1H3. The second-order valence-electron chi connectivity index (χ2n) is 9.34. The van der Waals surface area contributed by atoms with Gasteiger partial charge in [0.2, 0.25) is 5.78 Å². The second kappa shape index (κ2) is 11.1. The number of benzene rings is 1. The van der Waals surface area contributed by atoms with Crippen molar-refractivity contribution in [2.45, 2.75) is 25.9 Å². The van der Waals surface area contributed by atoms with Crippen LogP contribution >= 0.6 is 0 Å². The number of ketones is 1. The van der Waals surface area contributed by atoms with Gasteiger partial charge in [-0.1, -0.05) is 5.92 Å². The summed E-state index contributed by atoms with van der Waals surface area (Å²) < 4.78 is 45.5. The molecule has 1 aliphatic rings.